The number of halogens is 2. The molecule has 136 valence electrons. The van der Waals surface area contributed by atoms with Gasteiger partial charge in [0.05, 0.1) is 18.4 Å². The van der Waals surface area contributed by atoms with E-state index in [0.717, 1.165) is 31.6 Å². The van der Waals surface area contributed by atoms with E-state index >= 15 is 0 Å². The molecule has 1 fully saturated rings. The largest absolute Gasteiger partial charge is 0.296 e. The third kappa shape index (κ3) is 3.74. The lowest BCUT2D eigenvalue weighted by Gasteiger charge is -2.32. The highest BCUT2D eigenvalue weighted by molar-refractivity contribution is 5.07. The molecule has 2 aliphatic rings. The fraction of sp³-hybridized carbons (Fsp3) is 0.647. The standard InChI is InChI=1S/C17H24F2N6/c1-22-9-14(8-21-22)10-24-12-16-2-5-20-25(16)6-3-15(24)11-23-7-4-17(18,19)13-23/h2,5,8-9,15H,3-4,6-7,10-13H2,1H3/t15-/m1/s1. The first-order chi connectivity index (χ1) is 12.0. The predicted molar refractivity (Wildman–Crippen MR) is 89.1 cm³/mol. The van der Waals surface area contributed by atoms with Crippen molar-refractivity contribution < 1.29 is 8.78 Å². The van der Waals surface area contributed by atoms with Crippen molar-refractivity contribution >= 4 is 0 Å². The molecule has 0 aliphatic carbocycles. The molecule has 4 heterocycles. The van der Waals surface area contributed by atoms with Crippen molar-refractivity contribution in [3.8, 4) is 0 Å². The molecular formula is C17H24F2N6. The summed E-state index contributed by atoms with van der Waals surface area (Å²) in [6.07, 6.45) is 6.62. The second-order valence-electron chi connectivity index (χ2n) is 7.26. The normalized spacial score (nSPS) is 24.4. The molecule has 0 bridgehead atoms. The van der Waals surface area contributed by atoms with Crippen LogP contribution in [0.4, 0.5) is 8.78 Å². The Hall–Kier alpha value is -1.80. The minimum atomic E-state index is -2.54. The van der Waals surface area contributed by atoms with Crippen molar-refractivity contribution in [1.82, 2.24) is 29.4 Å². The van der Waals surface area contributed by atoms with Gasteiger partial charge in [-0.1, -0.05) is 0 Å². The fourth-order valence-electron chi connectivity index (χ4n) is 3.93. The summed E-state index contributed by atoms with van der Waals surface area (Å²) in [4.78, 5) is 4.29. The molecule has 0 N–H and O–H groups in total. The summed E-state index contributed by atoms with van der Waals surface area (Å²) in [6.45, 7) is 3.43. The van der Waals surface area contributed by atoms with Crippen LogP contribution in [0.25, 0.3) is 0 Å². The Morgan fingerprint density at radius 1 is 1.28 bits per heavy atom. The maximum Gasteiger partial charge on any atom is 0.261 e. The van der Waals surface area contributed by atoms with Crippen molar-refractivity contribution in [3.05, 3.63) is 35.9 Å². The molecule has 0 spiro atoms. The summed E-state index contributed by atoms with van der Waals surface area (Å²) >= 11 is 0. The van der Waals surface area contributed by atoms with Crippen molar-refractivity contribution in [2.75, 3.05) is 19.6 Å². The summed E-state index contributed by atoms with van der Waals surface area (Å²) in [5.41, 5.74) is 2.32. The summed E-state index contributed by atoms with van der Waals surface area (Å²) < 4.78 is 31.0. The first kappa shape index (κ1) is 16.7. The van der Waals surface area contributed by atoms with E-state index in [1.54, 1.807) is 4.68 Å². The summed E-state index contributed by atoms with van der Waals surface area (Å²) in [6, 6.07) is 2.28. The van der Waals surface area contributed by atoms with Gasteiger partial charge in [-0.05, 0) is 12.5 Å². The molecule has 1 saturated heterocycles. The van der Waals surface area contributed by atoms with Gasteiger partial charge in [-0.15, -0.1) is 0 Å². The second-order valence-corrected chi connectivity index (χ2v) is 7.26. The van der Waals surface area contributed by atoms with E-state index in [2.05, 4.69) is 15.1 Å². The van der Waals surface area contributed by atoms with Crippen LogP contribution < -0.4 is 0 Å². The molecule has 0 saturated carbocycles. The average Bonchev–Trinajstić information content (AvgIpc) is 3.22. The van der Waals surface area contributed by atoms with Gasteiger partial charge in [-0.3, -0.25) is 19.2 Å². The van der Waals surface area contributed by atoms with Crippen LogP contribution in [0.15, 0.2) is 24.7 Å². The Morgan fingerprint density at radius 3 is 2.88 bits per heavy atom. The van der Waals surface area contributed by atoms with Gasteiger partial charge in [0.1, 0.15) is 0 Å². The molecule has 0 amide bonds. The number of hydrogen-bond donors (Lipinski definition) is 0. The van der Waals surface area contributed by atoms with Crippen LogP contribution in [0.5, 0.6) is 0 Å². The minimum Gasteiger partial charge on any atom is -0.296 e. The summed E-state index contributed by atoms with van der Waals surface area (Å²) in [5, 5.41) is 8.64. The van der Waals surface area contributed by atoms with E-state index in [1.807, 2.05) is 41.3 Å². The van der Waals surface area contributed by atoms with Crippen molar-refractivity contribution in [3.63, 3.8) is 0 Å². The van der Waals surface area contributed by atoms with E-state index in [1.165, 1.54) is 5.69 Å². The predicted octanol–water partition coefficient (Wildman–Crippen LogP) is 1.73. The van der Waals surface area contributed by atoms with Gasteiger partial charge >= 0.3 is 0 Å². The number of fused-ring (bicyclic) bond motifs is 1. The summed E-state index contributed by atoms with van der Waals surface area (Å²) in [5.74, 6) is -2.54. The number of rotatable bonds is 4. The lowest BCUT2D eigenvalue weighted by atomic mass is 10.1. The first-order valence-electron chi connectivity index (χ1n) is 8.81. The molecule has 2 aromatic rings. The molecule has 0 radical (unpaired) electrons. The van der Waals surface area contributed by atoms with E-state index in [9.17, 15) is 8.78 Å². The number of aryl methyl sites for hydroxylation is 2. The third-order valence-electron chi connectivity index (χ3n) is 5.22. The second kappa shape index (κ2) is 6.49. The molecule has 0 aromatic carbocycles. The molecular weight excluding hydrogens is 326 g/mol. The van der Waals surface area contributed by atoms with Crippen molar-refractivity contribution in [2.45, 2.75) is 44.4 Å². The van der Waals surface area contributed by atoms with Crippen LogP contribution in [-0.2, 0) is 26.7 Å². The fourth-order valence-corrected chi connectivity index (χ4v) is 3.93. The van der Waals surface area contributed by atoms with Crippen LogP contribution in [0.3, 0.4) is 0 Å². The summed E-state index contributed by atoms with van der Waals surface area (Å²) in [7, 11) is 1.91. The highest BCUT2D eigenvalue weighted by Gasteiger charge is 2.39. The van der Waals surface area contributed by atoms with Gasteiger partial charge in [0.2, 0.25) is 0 Å². The Morgan fingerprint density at radius 2 is 2.16 bits per heavy atom. The van der Waals surface area contributed by atoms with Crippen LogP contribution in [0, 0.1) is 0 Å². The first-order valence-corrected chi connectivity index (χ1v) is 8.81. The maximum atomic E-state index is 13.6. The smallest absolute Gasteiger partial charge is 0.261 e. The maximum absolute atomic E-state index is 13.6. The zero-order valence-corrected chi connectivity index (χ0v) is 14.5. The number of hydrogen-bond acceptors (Lipinski definition) is 4. The van der Waals surface area contributed by atoms with Crippen LogP contribution in [0.2, 0.25) is 0 Å². The molecule has 4 rings (SSSR count). The van der Waals surface area contributed by atoms with Crippen molar-refractivity contribution in [2.24, 2.45) is 7.05 Å². The Kier molecular flexibility index (Phi) is 4.33. The van der Waals surface area contributed by atoms with Gasteiger partial charge < -0.3 is 0 Å². The number of aromatic nitrogens is 4. The van der Waals surface area contributed by atoms with Gasteiger partial charge in [-0.2, -0.15) is 10.2 Å². The molecule has 2 aliphatic heterocycles. The van der Waals surface area contributed by atoms with Crippen LogP contribution in [0.1, 0.15) is 24.1 Å². The Bertz CT molecular complexity index is 724. The zero-order valence-electron chi connectivity index (χ0n) is 14.5. The van der Waals surface area contributed by atoms with Gasteiger partial charge in [0.25, 0.3) is 5.92 Å². The van der Waals surface area contributed by atoms with Crippen LogP contribution in [-0.4, -0.2) is 61.0 Å². The van der Waals surface area contributed by atoms with E-state index < -0.39 is 5.92 Å². The molecule has 25 heavy (non-hydrogen) atoms. The molecule has 2 aromatic heterocycles. The Balaban J connectivity index is 1.51. The quantitative estimate of drug-likeness (QED) is 0.842. The third-order valence-corrected chi connectivity index (χ3v) is 5.22. The van der Waals surface area contributed by atoms with Gasteiger partial charge in [-0.25, -0.2) is 8.78 Å². The lowest BCUT2D eigenvalue weighted by Crippen LogP contribution is -2.42. The minimum absolute atomic E-state index is 0.0239. The molecule has 0 unspecified atom stereocenters. The van der Waals surface area contributed by atoms with E-state index in [4.69, 9.17) is 0 Å². The van der Waals surface area contributed by atoms with Crippen molar-refractivity contribution in [1.29, 1.82) is 0 Å². The van der Waals surface area contributed by atoms with E-state index in [0.29, 0.717) is 13.1 Å². The monoisotopic (exact) mass is 350 g/mol. The van der Waals surface area contributed by atoms with Gasteiger partial charge in [0, 0.05) is 70.2 Å². The van der Waals surface area contributed by atoms with Gasteiger partial charge in [0.15, 0.2) is 0 Å². The Labute approximate surface area is 146 Å². The lowest BCUT2D eigenvalue weighted by molar-refractivity contribution is 0.00864. The zero-order chi connectivity index (χ0) is 17.4. The number of likely N-dealkylation sites (tertiary alicyclic amines) is 1. The number of nitrogens with zero attached hydrogens (tertiary/aromatic N) is 6. The van der Waals surface area contributed by atoms with Crippen LogP contribution >= 0.6 is 0 Å². The van der Waals surface area contributed by atoms with E-state index in [-0.39, 0.29) is 19.0 Å². The molecule has 1 atom stereocenters. The number of alkyl halides is 2. The SMILES string of the molecule is Cn1cc(CN2Cc3ccnn3CC[C@@H]2CN2CCC(F)(F)C2)cn1. The average molecular weight is 350 g/mol. The molecule has 8 heteroatoms. The highest BCUT2D eigenvalue weighted by Crippen LogP contribution is 2.28. The topological polar surface area (TPSA) is 42.1 Å². The molecule has 6 nitrogen and oxygen atoms in total. The highest BCUT2D eigenvalue weighted by atomic mass is 19.3.